The van der Waals surface area contributed by atoms with Crippen molar-refractivity contribution in [2.45, 2.75) is 28.7 Å². The highest BCUT2D eigenvalue weighted by atomic mass is 32.2. The highest BCUT2D eigenvalue weighted by Gasteiger charge is 2.33. The van der Waals surface area contributed by atoms with E-state index >= 15 is 0 Å². The Hall–Kier alpha value is -1.29. The number of piperazine rings is 1. The van der Waals surface area contributed by atoms with E-state index in [9.17, 15) is 0 Å². The normalized spacial score (nSPS) is 25.5. The van der Waals surface area contributed by atoms with Gasteiger partial charge in [-0.2, -0.15) is 0 Å². The summed E-state index contributed by atoms with van der Waals surface area (Å²) in [5.74, 6) is 0.519. The highest BCUT2D eigenvalue weighted by Crippen LogP contribution is 2.48. The molecule has 0 spiro atoms. The van der Waals surface area contributed by atoms with E-state index in [4.69, 9.17) is 0 Å². The van der Waals surface area contributed by atoms with Crippen LogP contribution in [0.25, 0.3) is 0 Å². The fraction of sp³-hybridized carbons (Fsp3) is 0.400. The van der Waals surface area contributed by atoms with Gasteiger partial charge in [-0.15, -0.1) is 0 Å². The van der Waals surface area contributed by atoms with E-state index < -0.39 is 0 Å². The van der Waals surface area contributed by atoms with Crippen LogP contribution in [0.15, 0.2) is 58.3 Å². The van der Waals surface area contributed by atoms with Gasteiger partial charge < -0.3 is 4.90 Å². The van der Waals surface area contributed by atoms with Crippen molar-refractivity contribution >= 4 is 11.8 Å². The van der Waals surface area contributed by atoms with Crippen LogP contribution < -0.4 is 0 Å². The molecule has 0 bridgehead atoms. The number of likely N-dealkylation sites (N-methyl/N-ethyl adjacent to an activating group) is 1. The molecule has 2 aliphatic heterocycles. The fourth-order valence-corrected chi connectivity index (χ4v) is 5.15. The van der Waals surface area contributed by atoms with Crippen molar-refractivity contribution < 1.29 is 0 Å². The number of benzene rings is 2. The van der Waals surface area contributed by atoms with Gasteiger partial charge in [0.15, 0.2) is 0 Å². The molecule has 120 valence electrons. The van der Waals surface area contributed by atoms with Crippen LogP contribution in [-0.4, -0.2) is 43.0 Å². The van der Waals surface area contributed by atoms with Gasteiger partial charge in [-0.1, -0.05) is 55.1 Å². The van der Waals surface area contributed by atoms with Crippen molar-refractivity contribution in [1.82, 2.24) is 9.80 Å². The van der Waals surface area contributed by atoms with Gasteiger partial charge in [0.2, 0.25) is 0 Å². The molecule has 4 rings (SSSR count). The predicted octanol–water partition coefficient (Wildman–Crippen LogP) is 4.24. The Labute approximate surface area is 143 Å². The maximum atomic E-state index is 2.70. The lowest BCUT2D eigenvalue weighted by atomic mass is 9.87. The van der Waals surface area contributed by atoms with E-state index in [0.717, 1.165) is 13.1 Å². The maximum absolute atomic E-state index is 2.70. The second kappa shape index (κ2) is 6.31. The fourth-order valence-electron chi connectivity index (χ4n) is 3.94. The smallest absolute Gasteiger partial charge is 0.0426 e. The lowest BCUT2D eigenvalue weighted by molar-refractivity contribution is 0.0984. The molecular weight excluding hydrogens is 300 g/mol. The van der Waals surface area contributed by atoms with E-state index in [2.05, 4.69) is 72.3 Å². The molecule has 23 heavy (non-hydrogen) atoms. The van der Waals surface area contributed by atoms with Crippen LogP contribution >= 0.6 is 11.8 Å². The molecule has 1 fully saturated rings. The van der Waals surface area contributed by atoms with Crippen molar-refractivity contribution in [3.63, 3.8) is 0 Å². The number of nitrogens with zero attached hydrogens (tertiary/aromatic N) is 2. The van der Waals surface area contributed by atoms with E-state index in [1.54, 1.807) is 0 Å². The summed E-state index contributed by atoms with van der Waals surface area (Å²) in [5.41, 5.74) is 3.00. The summed E-state index contributed by atoms with van der Waals surface area (Å²) in [6, 6.07) is 18.4. The topological polar surface area (TPSA) is 6.48 Å². The first-order valence-corrected chi connectivity index (χ1v) is 9.34. The lowest BCUT2D eigenvalue weighted by Crippen LogP contribution is -2.47. The van der Waals surface area contributed by atoms with E-state index in [1.165, 1.54) is 34.0 Å². The van der Waals surface area contributed by atoms with Gasteiger partial charge in [0.05, 0.1) is 0 Å². The van der Waals surface area contributed by atoms with Gasteiger partial charge in [-0.25, -0.2) is 0 Å². The minimum absolute atomic E-state index is 0.482. The molecule has 2 atom stereocenters. The highest BCUT2D eigenvalue weighted by molar-refractivity contribution is 7.99. The second-order valence-corrected chi connectivity index (χ2v) is 7.83. The second-order valence-electron chi connectivity index (χ2n) is 6.75. The van der Waals surface area contributed by atoms with Gasteiger partial charge in [0, 0.05) is 47.9 Å². The van der Waals surface area contributed by atoms with Crippen LogP contribution in [0.5, 0.6) is 0 Å². The molecule has 0 N–H and O–H groups in total. The van der Waals surface area contributed by atoms with E-state index in [1.807, 2.05) is 11.8 Å². The van der Waals surface area contributed by atoms with Crippen LogP contribution in [0.3, 0.4) is 0 Å². The number of hydrogen-bond acceptors (Lipinski definition) is 3. The molecule has 2 aliphatic rings. The Morgan fingerprint density at radius 3 is 2.09 bits per heavy atom. The van der Waals surface area contributed by atoms with Gasteiger partial charge in [-0.05, 0) is 30.3 Å². The third-order valence-corrected chi connectivity index (χ3v) is 6.46. The zero-order chi connectivity index (χ0) is 15.8. The summed E-state index contributed by atoms with van der Waals surface area (Å²) in [6.45, 7) is 7.06. The SMILES string of the molecule is CC1c2ccccc2Sc2ccccc2C1N1CCN(C)CC1. The number of rotatable bonds is 1. The zero-order valence-electron chi connectivity index (χ0n) is 13.9. The van der Waals surface area contributed by atoms with Gasteiger partial charge >= 0.3 is 0 Å². The van der Waals surface area contributed by atoms with Gasteiger partial charge in [-0.3, -0.25) is 4.90 Å². The molecule has 1 saturated heterocycles. The molecule has 2 heterocycles. The monoisotopic (exact) mass is 324 g/mol. The third-order valence-electron chi connectivity index (χ3n) is 5.27. The van der Waals surface area contributed by atoms with Crippen LogP contribution in [-0.2, 0) is 0 Å². The number of hydrogen-bond donors (Lipinski definition) is 0. The van der Waals surface area contributed by atoms with Crippen molar-refractivity contribution in [1.29, 1.82) is 0 Å². The van der Waals surface area contributed by atoms with Crippen LogP contribution in [0.2, 0.25) is 0 Å². The van der Waals surface area contributed by atoms with Gasteiger partial charge in [0.1, 0.15) is 0 Å². The predicted molar refractivity (Wildman–Crippen MR) is 97.2 cm³/mol. The molecule has 2 unspecified atom stereocenters. The summed E-state index contributed by atoms with van der Waals surface area (Å²) in [6.07, 6.45) is 0. The third kappa shape index (κ3) is 2.82. The minimum atomic E-state index is 0.482. The summed E-state index contributed by atoms with van der Waals surface area (Å²) < 4.78 is 0. The molecule has 0 amide bonds. The lowest BCUT2D eigenvalue weighted by Gasteiger charge is -2.41. The van der Waals surface area contributed by atoms with Crippen molar-refractivity contribution in [3.8, 4) is 0 Å². The molecule has 0 radical (unpaired) electrons. The Bertz CT molecular complexity index is 692. The van der Waals surface area contributed by atoms with E-state index in [-0.39, 0.29) is 0 Å². The first kappa shape index (κ1) is 15.3. The molecule has 0 saturated carbocycles. The van der Waals surface area contributed by atoms with E-state index in [0.29, 0.717) is 12.0 Å². The summed E-state index contributed by atoms with van der Waals surface area (Å²) in [5, 5.41) is 0. The molecule has 0 aromatic heterocycles. The summed E-state index contributed by atoms with van der Waals surface area (Å²) >= 11 is 1.94. The quantitative estimate of drug-likeness (QED) is 0.774. The maximum Gasteiger partial charge on any atom is 0.0426 e. The Kier molecular flexibility index (Phi) is 4.18. The first-order valence-electron chi connectivity index (χ1n) is 8.52. The molecular formula is C20H24N2S. The average molecular weight is 324 g/mol. The zero-order valence-corrected chi connectivity index (χ0v) is 14.7. The van der Waals surface area contributed by atoms with Crippen LogP contribution in [0, 0.1) is 0 Å². The largest absolute Gasteiger partial charge is 0.304 e. The first-order chi connectivity index (χ1) is 11.2. The average Bonchev–Trinajstić information content (AvgIpc) is 2.70. The minimum Gasteiger partial charge on any atom is -0.304 e. The summed E-state index contributed by atoms with van der Waals surface area (Å²) in [4.78, 5) is 7.98. The Balaban J connectivity index is 1.79. The Morgan fingerprint density at radius 1 is 0.826 bits per heavy atom. The number of fused-ring (bicyclic) bond motifs is 2. The molecule has 3 heteroatoms. The molecule has 0 aliphatic carbocycles. The Morgan fingerprint density at radius 2 is 1.39 bits per heavy atom. The van der Waals surface area contributed by atoms with Crippen molar-refractivity contribution in [2.24, 2.45) is 0 Å². The molecule has 2 aromatic carbocycles. The molecule has 2 nitrogen and oxygen atoms in total. The van der Waals surface area contributed by atoms with Crippen molar-refractivity contribution in [2.75, 3.05) is 33.2 Å². The van der Waals surface area contributed by atoms with Crippen LogP contribution in [0.4, 0.5) is 0 Å². The van der Waals surface area contributed by atoms with Crippen molar-refractivity contribution in [3.05, 3.63) is 59.7 Å². The molecule has 2 aromatic rings. The summed E-state index contributed by atoms with van der Waals surface area (Å²) in [7, 11) is 2.23. The van der Waals surface area contributed by atoms with Gasteiger partial charge in [0.25, 0.3) is 0 Å². The van der Waals surface area contributed by atoms with Crippen LogP contribution in [0.1, 0.15) is 30.0 Å². The standard InChI is InChI=1S/C20H24N2S/c1-15-16-7-3-5-9-18(16)23-19-10-6-4-8-17(19)20(15)22-13-11-21(2)12-14-22/h3-10,15,20H,11-14H2,1-2H3.